The number of benzene rings is 2. The van der Waals surface area contributed by atoms with Gasteiger partial charge in [-0.05, 0) is 30.2 Å². The van der Waals surface area contributed by atoms with Crippen LogP contribution in [0.4, 0.5) is 0 Å². The van der Waals surface area contributed by atoms with Crippen molar-refractivity contribution in [1.29, 1.82) is 0 Å². The van der Waals surface area contributed by atoms with Gasteiger partial charge in [-0.2, -0.15) is 0 Å². The Morgan fingerprint density at radius 3 is 2.26 bits per heavy atom. The lowest BCUT2D eigenvalue weighted by molar-refractivity contribution is 0.171. The first kappa shape index (κ1) is 14.3. The van der Waals surface area contributed by atoms with Gasteiger partial charge >= 0.3 is 0 Å². The summed E-state index contributed by atoms with van der Waals surface area (Å²) >= 11 is 3.43. The number of hydrogen-bond donors (Lipinski definition) is 2. The van der Waals surface area contributed by atoms with Gasteiger partial charge in [0.05, 0.1) is 6.10 Å². The fourth-order valence-electron chi connectivity index (χ4n) is 1.95. The van der Waals surface area contributed by atoms with Crippen LogP contribution in [0.1, 0.15) is 30.2 Å². The van der Waals surface area contributed by atoms with Crippen LogP contribution in [-0.4, -0.2) is 11.7 Å². The third-order valence-corrected chi connectivity index (χ3v) is 3.70. The molecule has 0 aromatic heterocycles. The number of aliphatic hydroxyl groups is 1. The van der Waals surface area contributed by atoms with E-state index in [-0.39, 0.29) is 6.04 Å². The van der Waals surface area contributed by atoms with Gasteiger partial charge in [-0.25, -0.2) is 0 Å². The number of halogens is 1. The van der Waals surface area contributed by atoms with Gasteiger partial charge in [-0.3, -0.25) is 0 Å². The topological polar surface area (TPSA) is 32.3 Å². The molecule has 0 bridgehead atoms. The van der Waals surface area contributed by atoms with Gasteiger partial charge in [0.15, 0.2) is 0 Å². The summed E-state index contributed by atoms with van der Waals surface area (Å²) in [6.07, 6.45) is -0.473. The van der Waals surface area contributed by atoms with Crippen LogP contribution in [0.3, 0.4) is 0 Å². The highest BCUT2D eigenvalue weighted by atomic mass is 79.9. The maximum Gasteiger partial charge on any atom is 0.0914 e. The molecular weight excluding hydrogens is 302 g/mol. The number of aliphatic hydroxyl groups excluding tert-OH is 1. The van der Waals surface area contributed by atoms with E-state index in [1.807, 2.05) is 42.5 Å². The van der Waals surface area contributed by atoms with Gasteiger partial charge in [-0.1, -0.05) is 58.4 Å². The first-order valence-electron chi connectivity index (χ1n) is 6.38. The Morgan fingerprint density at radius 2 is 1.63 bits per heavy atom. The summed E-state index contributed by atoms with van der Waals surface area (Å²) in [7, 11) is 0. The highest BCUT2D eigenvalue weighted by Gasteiger charge is 2.10. The maximum atomic E-state index is 10.1. The van der Waals surface area contributed by atoms with Crippen molar-refractivity contribution in [2.45, 2.75) is 19.1 Å². The first-order valence-corrected chi connectivity index (χ1v) is 7.18. The zero-order valence-electron chi connectivity index (χ0n) is 10.9. The standard InChI is InChI=1S/C16H18BrNO/c1-12(13-7-9-15(17)10-8-13)18-11-16(19)14-5-3-2-4-6-14/h2-10,12,16,18-19H,11H2,1H3. The van der Waals surface area contributed by atoms with Gasteiger partial charge in [0.25, 0.3) is 0 Å². The smallest absolute Gasteiger partial charge is 0.0914 e. The first-order chi connectivity index (χ1) is 9.16. The molecule has 0 heterocycles. The molecular formula is C16H18BrNO. The van der Waals surface area contributed by atoms with Crippen molar-refractivity contribution in [2.24, 2.45) is 0 Å². The quantitative estimate of drug-likeness (QED) is 0.877. The van der Waals surface area contributed by atoms with E-state index in [1.54, 1.807) is 0 Å². The Kier molecular flexibility index (Phi) is 5.14. The molecule has 3 heteroatoms. The summed E-state index contributed by atoms with van der Waals surface area (Å²) < 4.78 is 1.08. The van der Waals surface area contributed by atoms with Gasteiger partial charge < -0.3 is 10.4 Å². The summed E-state index contributed by atoms with van der Waals surface area (Å²) in [5.41, 5.74) is 2.15. The molecule has 2 atom stereocenters. The Hall–Kier alpha value is -1.16. The Labute approximate surface area is 122 Å². The second-order valence-corrected chi connectivity index (χ2v) is 5.52. The van der Waals surface area contributed by atoms with Crippen LogP contribution in [-0.2, 0) is 0 Å². The molecule has 2 aromatic carbocycles. The van der Waals surface area contributed by atoms with Gasteiger partial charge in [0.2, 0.25) is 0 Å². The lowest BCUT2D eigenvalue weighted by atomic mass is 10.1. The maximum absolute atomic E-state index is 10.1. The average molecular weight is 320 g/mol. The van der Waals surface area contributed by atoms with Crippen molar-refractivity contribution in [2.75, 3.05) is 6.54 Å². The van der Waals surface area contributed by atoms with Crippen LogP contribution in [0.2, 0.25) is 0 Å². The number of rotatable bonds is 5. The SMILES string of the molecule is CC(NCC(O)c1ccccc1)c1ccc(Br)cc1. The average Bonchev–Trinajstić information content (AvgIpc) is 2.46. The van der Waals surface area contributed by atoms with Crippen LogP contribution in [0.25, 0.3) is 0 Å². The van der Waals surface area contributed by atoms with Crippen molar-refractivity contribution in [3.63, 3.8) is 0 Å². The molecule has 2 unspecified atom stereocenters. The van der Waals surface area contributed by atoms with E-state index in [9.17, 15) is 5.11 Å². The minimum atomic E-state index is -0.473. The lowest BCUT2D eigenvalue weighted by Crippen LogP contribution is -2.24. The molecule has 0 aliphatic rings. The molecule has 0 spiro atoms. The van der Waals surface area contributed by atoms with Gasteiger partial charge in [0, 0.05) is 17.1 Å². The van der Waals surface area contributed by atoms with Crippen molar-refractivity contribution >= 4 is 15.9 Å². The molecule has 0 radical (unpaired) electrons. The minimum absolute atomic E-state index is 0.214. The minimum Gasteiger partial charge on any atom is -0.387 e. The predicted octanol–water partition coefficient (Wildman–Crippen LogP) is 3.83. The van der Waals surface area contributed by atoms with Crippen LogP contribution in [0.5, 0.6) is 0 Å². The van der Waals surface area contributed by atoms with Gasteiger partial charge in [0.1, 0.15) is 0 Å². The zero-order chi connectivity index (χ0) is 13.7. The lowest BCUT2D eigenvalue weighted by Gasteiger charge is -2.18. The molecule has 2 nitrogen and oxygen atoms in total. The van der Waals surface area contributed by atoms with Crippen molar-refractivity contribution < 1.29 is 5.11 Å². The van der Waals surface area contributed by atoms with Crippen LogP contribution in [0, 0.1) is 0 Å². The van der Waals surface area contributed by atoms with E-state index >= 15 is 0 Å². The van der Waals surface area contributed by atoms with E-state index in [0.29, 0.717) is 6.54 Å². The normalized spacial score (nSPS) is 14.1. The summed E-state index contributed by atoms with van der Waals surface area (Å²) in [4.78, 5) is 0. The highest BCUT2D eigenvalue weighted by Crippen LogP contribution is 2.18. The van der Waals surface area contributed by atoms with Crippen molar-refractivity contribution in [3.05, 3.63) is 70.2 Å². The zero-order valence-corrected chi connectivity index (χ0v) is 12.5. The van der Waals surface area contributed by atoms with E-state index in [4.69, 9.17) is 0 Å². The third kappa shape index (κ3) is 4.16. The van der Waals surface area contributed by atoms with Gasteiger partial charge in [-0.15, -0.1) is 0 Å². The summed E-state index contributed by atoms with van der Waals surface area (Å²) in [5.74, 6) is 0. The molecule has 19 heavy (non-hydrogen) atoms. The summed E-state index contributed by atoms with van der Waals surface area (Å²) in [5, 5.41) is 13.4. The third-order valence-electron chi connectivity index (χ3n) is 3.17. The van der Waals surface area contributed by atoms with E-state index in [1.165, 1.54) is 5.56 Å². The monoisotopic (exact) mass is 319 g/mol. The molecule has 2 N–H and O–H groups in total. The number of hydrogen-bond acceptors (Lipinski definition) is 2. The Balaban J connectivity index is 1.90. The van der Waals surface area contributed by atoms with Crippen molar-refractivity contribution in [1.82, 2.24) is 5.32 Å². The predicted molar refractivity (Wildman–Crippen MR) is 82.0 cm³/mol. The fraction of sp³-hybridized carbons (Fsp3) is 0.250. The van der Waals surface area contributed by atoms with Crippen molar-refractivity contribution in [3.8, 4) is 0 Å². The Morgan fingerprint density at radius 1 is 1.00 bits per heavy atom. The molecule has 0 aliphatic heterocycles. The summed E-state index contributed by atoms with van der Waals surface area (Å²) in [6, 6.07) is 18.1. The molecule has 2 aromatic rings. The second-order valence-electron chi connectivity index (χ2n) is 4.61. The summed E-state index contributed by atoms with van der Waals surface area (Å²) in [6.45, 7) is 2.64. The number of nitrogens with one attached hydrogen (secondary N) is 1. The largest absolute Gasteiger partial charge is 0.387 e. The molecule has 0 amide bonds. The van der Waals surface area contributed by atoms with E-state index in [2.05, 4.69) is 40.3 Å². The molecule has 2 rings (SSSR count). The molecule has 0 saturated carbocycles. The molecule has 0 aliphatic carbocycles. The highest BCUT2D eigenvalue weighted by molar-refractivity contribution is 9.10. The van der Waals surface area contributed by atoms with Crippen LogP contribution < -0.4 is 5.32 Å². The fourth-order valence-corrected chi connectivity index (χ4v) is 2.22. The Bertz CT molecular complexity index is 498. The van der Waals surface area contributed by atoms with Crippen LogP contribution in [0.15, 0.2) is 59.1 Å². The van der Waals surface area contributed by atoms with E-state index < -0.39 is 6.10 Å². The van der Waals surface area contributed by atoms with E-state index in [0.717, 1.165) is 10.0 Å². The molecule has 100 valence electrons. The molecule has 0 fully saturated rings. The van der Waals surface area contributed by atoms with Crippen LogP contribution >= 0.6 is 15.9 Å². The molecule has 0 saturated heterocycles. The second kappa shape index (κ2) is 6.85.